The van der Waals surface area contributed by atoms with E-state index in [2.05, 4.69) is 0 Å². The number of rotatable bonds is 4. The highest BCUT2D eigenvalue weighted by atomic mass is 32.2. The normalized spacial score (nSPS) is 12.1. The van der Waals surface area contributed by atoms with Crippen LogP contribution in [-0.4, -0.2) is 10.1 Å². The quantitative estimate of drug-likeness (QED) is 0.850. The van der Waals surface area contributed by atoms with E-state index in [4.69, 9.17) is 11.5 Å². The zero-order chi connectivity index (χ0) is 15.6. The molecule has 0 heterocycles. The molecular weight excluding hydrogens is 284 g/mol. The molecule has 0 radical (unpaired) electrons. The van der Waals surface area contributed by atoms with Gasteiger partial charge in [0.15, 0.2) is 0 Å². The van der Waals surface area contributed by atoms with Crippen LogP contribution in [0.15, 0.2) is 41.3 Å². The van der Waals surface area contributed by atoms with Crippen LogP contribution < -0.4 is 11.5 Å². The molecule has 1 atom stereocenters. The highest BCUT2D eigenvalue weighted by molar-refractivity contribution is 7.84. The molecule has 0 aliphatic carbocycles. The molecule has 0 spiro atoms. The average molecular weight is 302 g/mol. The Morgan fingerprint density at radius 2 is 1.81 bits per heavy atom. The Bertz CT molecular complexity index is 726. The minimum absolute atomic E-state index is 0.398. The molecule has 1 amide bonds. The number of carbonyl (C=O) groups is 1. The van der Waals surface area contributed by atoms with Crippen molar-refractivity contribution in [3.63, 3.8) is 0 Å². The van der Waals surface area contributed by atoms with E-state index >= 15 is 0 Å². The maximum absolute atomic E-state index is 12.5. The van der Waals surface area contributed by atoms with Crippen LogP contribution in [0.2, 0.25) is 0 Å². The van der Waals surface area contributed by atoms with Gasteiger partial charge in [-0.15, -0.1) is 0 Å². The Labute approximate surface area is 126 Å². The van der Waals surface area contributed by atoms with Crippen molar-refractivity contribution in [3.8, 4) is 0 Å². The first kappa shape index (κ1) is 15.3. The summed E-state index contributed by atoms with van der Waals surface area (Å²) in [7, 11) is -1.15. The second-order valence-corrected chi connectivity index (χ2v) is 6.44. The molecule has 5 heteroatoms. The van der Waals surface area contributed by atoms with Gasteiger partial charge in [-0.05, 0) is 60.9 Å². The highest BCUT2D eigenvalue weighted by Gasteiger charge is 2.11. The molecule has 0 aliphatic heterocycles. The second kappa shape index (κ2) is 6.10. The Kier molecular flexibility index (Phi) is 4.43. The molecule has 0 aromatic heterocycles. The second-order valence-electron chi connectivity index (χ2n) is 5.02. The van der Waals surface area contributed by atoms with Gasteiger partial charge in [0, 0.05) is 16.1 Å². The molecule has 2 aromatic carbocycles. The third-order valence-electron chi connectivity index (χ3n) is 3.36. The number of anilines is 1. The minimum Gasteiger partial charge on any atom is -0.399 e. The van der Waals surface area contributed by atoms with E-state index in [-0.39, 0.29) is 0 Å². The lowest BCUT2D eigenvalue weighted by Gasteiger charge is -2.10. The van der Waals surface area contributed by atoms with E-state index in [0.29, 0.717) is 17.0 Å². The van der Waals surface area contributed by atoms with Crippen molar-refractivity contribution in [2.75, 3.05) is 5.73 Å². The number of nitrogen functional groups attached to an aromatic ring is 1. The number of benzene rings is 2. The number of nitrogens with two attached hydrogens (primary N) is 2. The average Bonchev–Trinajstić information content (AvgIpc) is 2.40. The van der Waals surface area contributed by atoms with Crippen molar-refractivity contribution in [1.29, 1.82) is 0 Å². The van der Waals surface area contributed by atoms with E-state index in [1.165, 1.54) is 0 Å². The van der Waals surface area contributed by atoms with Gasteiger partial charge in [0.25, 0.3) is 0 Å². The van der Waals surface area contributed by atoms with Crippen molar-refractivity contribution in [3.05, 3.63) is 58.7 Å². The lowest BCUT2D eigenvalue weighted by Crippen LogP contribution is -2.11. The van der Waals surface area contributed by atoms with Gasteiger partial charge >= 0.3 is 0 Å². The molecule has 0 saturated heterocycles. The Morgan fingerprint density at radius 1 is 1.10 bits per heavy atom. The summed E-state index contributed by atoms with van der Waals surface area (Å²) in [4.78, 5) is 11.9. The standard InChI is InChI=1S/C16H18N2O2S/c1-10-7-12(16(18)19)3-4-13(10)9-21(20)15-6-5-14(17)8-11(15)2/h3-8H,9,17H2,1-2H3,(H2,18,19). The molecule has 21 heavy (non-hydrogen) atoms. The van der Waals surface area contributed by atoms with Crippen LogP contribution in [0.3, 0.4) is 0 Å². The Morgan fingerprint density at radius 3 is 2.38 bits per heavy atom. The molecular formula is C16H18N2O2S. The van der Waals surface area contributed by atoms with Crippen LogP contribution >= 0.6 is 0 Å². The Hall–Kier alpha value is -2.14. The van der Waals surface area contributed by atoms with Crippen molar-refractivity contribution in [1.82, 2.24) is 0 Å². The number of aryl methyl sites for hydroxylation is 2. The molecule has 4 N–H and O–H groups in total. The van der Waals surface area contributed by atoms with Gasteiger partial charge in [-0.25, -0.2) is 0 Å². The summed E-state index contributed by atoms with van der Waals surface area (Å²) in [6.45, 7) is 3.78. The van der Waals surface area contributed by atoms with Crippen LogP contribution in [0.5, 0.6) is 0 Å². The van der Waals surface area contributed by atoms with Crippen molar-refractivity contribution >= 4 is 22.4 Å². The maximum Gasteiger partial charge on any atom is 0.248 e. The first-order chi connectivity index (χ1) is 9.88. The predicted octanol–water partition coefficient (Wildman–Crippen LogP) is 2.29. The smallest absolute Gasteiger partial charge is 0.248 e. The lowest BCUT2D eigenvalue weighted by molar-refractivity contribution is 0.1000. The fourth-order valence-corrected chi connectivity index (χ4v) is 3.56. The zero-order valence-electron chi connectivity index (χ0n) is 12.1. The summed E-state index contributed by atoms with van der Waals surface area (Å²) < 4.78 is 12.5. The summed E-state index contributed by atoms with van der Waals surface area (Å²) in [5, 5.41) is 0. The van der Waals surface area contributed by atoms with Crippen LogP contribution in [0.1, 0.15) is 27.0 Å². The molecule has 2 rings (SSSR count). The van der Waals surface area contributed by atoms with E-state index in [0.717, 1.165) is 21.6 Å². The number of carbonyl (C=O) groups excluding carboxylic acids is 1. The molecule has 1 unspecified atom stereocenters. The van der Waals surface area contributed by atoms with Crippen molar-refractivity contribution < 1.29 is 9.00 Å². The lowest BCUT2D eigenvalue weighted by atomic mass is 10.1. The molecule has 0 bridgehead atoms. The predicted molar refractivity (Wildman–Crippen MR) is 85.4 cm³/mol. The topological polar surface area (TPSA) is 86.2 Å². The summed E-state index contributed by atoms with van der Waals surface area (Å²) in [5.74, 6) is -0.0597. The van der Waals surface area contributed by atoms with Crippen LogP contribution in [0.25, 0.3) is 0 Å². The van der Waals surface area contributed by atoms with E-state index < -0.39 is 16.7 Å². The van der Waals surface area contributed by atoms with Gasteiger partial charge in [-0.2, -0.15) is 0 Å². The zero-order valence-corrected chi connectivity index (χ0v) is 12.9. The summed E-state index contributed by atoms with van der Waals surface area (Å²) in [5.41, 5.74) is 14.8. The molecule has 0 saturated carbocycles. The third-order valence-corrected chi connectivity index (χ3v) is 4.88. The van der Waals surface area contributed by atoms with Gasteiger partial charge in [0.05, 0.1) is 16.6 Å². The number of hydrogen-bond acceptors (Lipinski definition) is 3. The maximum atomic E-state index is 12.5. The summed E-state index contributed by atoms with van der Waals surface area (Å²) in [6, 6.07) is 10.6. The van der Waals surface area contributed by atoms with E-state index in [9.17, 15) is 9.00 Å². The van der Waals surface area contributed by atoms with Gasteiger partial charge in [-0.3, -0.25) is 9.00 Å². The molecule has 2 aromatic rings. The fraction of sp³-hybridized carbons (Fsp3) is 0.188. The third kappa shape index (κ3) is 3.49. The van der Waals surface area contributed by atoms with Crippen molar-refractivity contribution in [2.24, 2.45) is 5.73 Å². The summed E-state index contributed by atoms with van der Waals surface area (Å²) in [6.07, 6.45) is 0. The van der Waals surface area contributed by atoms with Crippen LogP contribution in [-0.2, 0) is 16.6 Å². The fourth-order valence-electron chi connectivity index (χ4n) is 2.16. The van der Waals surface area contributed by atoms with Crippen LogP contribution in [0, 0.1) is 13.8 Å². The first-order valence-electron chi connectivity index (χ1n) is 6.52. The number of amides is 1. The van der Waals surface area contributed by atoms with E-state index in [1.807, 2.05) is 19.9 Å². The molecule has 0 fully saturated rings. The van der Waals surface area contributed by atoms with Gasteiger partial charge in [0.2, 0.25) is 5.91 Å². The highest BCUT2D eigenvalue weighted by Crippen LogP contribution is 2.21. The van der Waals surface area contributed by atoms with E-state index in [1.54, 1.807) is 30.3 Å². The summed E-state index contributed by atoms with van der Waals surface area (Å²) >= 11 is 0. The SMILES string of the molecule is Cc1cc(C(N)=O)ccc1CS(=O)c1ccc(N)cc1C. The minimum atomic E-state index is -1.15. The van der Waals surface area contributed by atoms with Crippen molar-refractivity contribution in [2.45, 2.75) is 24.5 Å². The number of hydrogen-bond donors (Lipinski definition) is 2. The Balaban J connectivity index is 2.25. The largest absolute Gasteiger partial charge is 0.399 e. The monoisotopic (exact) mass is 302 g/mol. The first-order valence-corrected chi connectivity index (χ1v) is 7.84. The van der Waals surface area contributed by atoms with Gasteiger partial charge in [-0.1, -0.05) is 6.07 Å². The van der Waals surface area contributed by atoms with Gasteiger partial charge < -0.3 is 11.5 Å². The number of primary amides is 1. The molecule has 0 aliphatic rings. The molecule has 110 valence electrons. The van der Waals surface area contributed by atoms with Gasteiger partial charge in [0.1, 0.15) is 0 Å². The van der Waals surface area contributed by atoms with Crippen LogP contribution in [0.4, 0.5) is 5.69 Å². The molecule has 4 nitrogen and oxygen atoms in total.